The number of nitrogens with one attached hydrogen (secondary N) is 2. The van der Waals surface area contributed by atoms with Crippen LogP contribution in [-0.4, -0.2) is 69.7 Å². The van der Waals surface area contributed by atoms with Crippen molar-refractivity contribution in [3.63, 3.8) is 0 Å². The predicted octanol–water partition coefficient (Wildman–Crippen LogP) is 2.97. The van der Waals surface area contributed by atoms with E-state index in [0.717, 1.165) is 50.7 Å². The van der Waals surface area contributed by atoms with E-state index in [1.807, 2.05) is 54.0 Å². The fourth-order valence-electron chi connectivity index (χ4n) is 5.11. The van der Waals surface area contributed by atoms with Crippen molar-refractivity contribution in [1.29, 1.82) is 0 Å². The number of ether oxygens (including phenoxy) is 1. The number of aliphatic imine (C=N–C) groups is 1. The van der Waals surface area contributed by atoms with Gasteiger partial charge in [-0.1, -0.05) is 54.1 Å². The van der Waals surface area contributed by atoms with Crippen LogP contribution in [0.5, 0.6) is 5.75 Å². The van der Waals surface area contributed by atoms with E-state index in [0.29, 0.717) is 35.7 Å². The third-order valence-corrected chi connectivity index (χ3v) is 7.57. The van der Waals surface area contributed by atoms with Crippen LogP contribution in [-0.2, 0) is 11.3 Å². The Morgan fingerprint density at radius 1 is 0.978 bits per heavy atom. The van der Waals surface area contributed by atoms with E-state index in [1.165, 1.54) is 6.92 Å². The molecule has 1 aliphatic heterocycles. The van der Waals surface area contributed by atoms with Crippen molar-refractivity contribution >= 4 is 52.5 Å². The molecule has 6 rings (SSSR count). The van der Waals surface area contributed by atoms with Gasteiger partial charge in [-0.15, -0.1) is 10.2 Å². The van der Waals surface area contributed by atoms with Gasteiger partial charge >= 0.3 is 7.12 Å². The van der Waals surface area contributed by atoms with Gasteiger partial charge in [-0.25, -0.2) is 0 Å². The summed E-state index contributed by atoms with van der Waals surface area (Å²) in [6, 6.07) is 23.8. The van der Waals surface area contributed by atoms with E-state index in [1.54, 1.807) is 43.5 Å². The average molecular weight is 639 g/mol. The molecule has 46 heavy (non-hydrogen) atoms. The third kappa shape index (κ3) is 7.26. The number of rotatable bonds is 7. The lowest BCUT2D eigenvalue weighted by Crippen LogP contribution is -2.33. The fraction of sp³-hybridized carbons (Fsp3) is 0.182. The Morgan fingerprint density at radius 3 is 2.46 bits per heavy atom. The van der Waals surface area contributed by atoms with E-state index in [-0.39, 0.29) is 11.8 Å². The van der Waals surface area contributed by atoms with E-state index in [9.17, 15) is 19.6 Å². The minimum Gasteiger partial charge on any atom is -0.497 e. The van der Waals surface area contributed by atoms with Crippen molar-refractivity contribution in [2.24, 2.45) is 4.99 Å². The summed E-state index contributed by atoms with van der Waals surface area (Å²) in [5.41, 5.74) is 4.75. The standard InChI is InChI=1S/C18H15ClN4O.C15H17BN2O4/c1-11-21-22-17-10-20-18(12-3-5-13(19)6-4-12)15-9-14(24-2)7-8-16(15)23(11)17;1-10(19)17-7-8-18-15(20)14-4-2-3-11-9-12(16(21)22)5-6-13(11)14/h3-9H,10H2,1-2H3;2-6,9,21-22H,7-8H2,1H3,(H,17,19)(H,18,20). The van der Waals surface area contributed by atoms with Crippen LogP contribution >= 0.6 is 11.6 Å². The van der Waals surface area contributed by atoms with Crippen molar-refractivity contribution in [3.8, 4) is 11.4 Å². The first-order valence-corrected chi connectivity index (χ1v) is 14.9. The molecule has 0 radical (unpaired) electrons. The Kier molecular flexibility index (Phi) is 10.1. The molecule has 0 saturated heterocycles. The molecular weight excluding hydrogens is 607 g/mol. The molecule has 0 aliphatic carbocycles. The van der Waals surface area contributed by atoms with Crippen molar-refractivity contribution in [1.82, 2.24) is 25.4 Å². The summed E-state index contributed by atoms with van der Waals surface area (Å²) in [5, 5.41) is 34.3. The number of carbonyl (C=O) groups excluding carboxylic acids is 2. The summed E-state index contributed by atoms with van der Waals surface area (Å²) in [6.45, 7) is 4.53. The normalized spacial score (nSPS) is 11.7. The number of amides is 2. The summed E-state index contributed by atoms with van der Waals surface area (Å²) < 4.78 is 7.45. The van der Waals surface area contributed by atoms with Crippen molar-refractivity contribution in [2.75, 3.05) is 20.2 Å². The zero-order valence-electron chi connectivity index (χ0n) is 25.5. The van der Waals surface area contributed by atoms with Gasteiger partial charge in [0.15, 0.2) is 5.82 Å². The molecule has 1 aliphatic rings. The molecule has 0 unspecified atom stereocenters. The number of benzene rings is 4. The van der Waals surface area contributed by atoms with Crippen LogP contribution in [0.1, 0.15) is 40.1 Å². The lowest BCUT2D eigenvalue weighted by Gasteiger charge is -2.14. The summed E-state index contributed by atoms with van der Waals surface area (Å²) in [6.07, 6.45) is 0. The summed E-state index contributed by atoms with van der Waals surface area (Å²) in [4.78, 5) is 27.7. The van der Waals surface area contributed by atoms with Gasteiger partial charge in [0, 0.05) is 41.7 Å². The van der Waals surface area contributed by atoms with Crippen LogP contribution in [0.25, 0.3) is 16.5 Å². The number of aryl methyl sites for hydroxylation is 1. The van der Waals surface area contributed by atoms with Gasteiger partial charge < -0.3 is 25.4 Å². The second kappa shape index (κ2) is 14.4. The zero-order chi connectivity index (χ0) is 32.8. The molecule has 0 bridgehead atoms. The molecule has 1 aromatic heterocycles. The highest BCUT2D eigenvalue weighted by molar-refractivity contribution is 6.59. The molecule has 4 N–H and O–H groups in total. The van der Waals surface area contributed by atoms with Gasteiger partial charge in [0.05, 0.1) is 18.5 Å². The lowest BCUT2D eigenvalue weighted by molar-refractivity contribution is -0.118. The number of nitrogens with zero attached hydrogens (tertiary/aromatic N) is 4. The maximum absolute atomic E-state index is 12.2. The first kappa shape index (κ1) is 32.4. The molecular formula is C33H32BClN6O5. The SMILES string of the molecule is CC(=O)NCCNC(=O)c1cccc2cc(B(O)O)ccc12.COc1ccc2c(c1)C(c1ccc(Cl)cc1)=NCc1nnc(C)n1-2. The molecule has 0 saturated carbocycles. The van der Waals surface area contributed by atoms with Crippen molar-refractivity contribution in [2.45, 2.75) is 20.4 Å². The summed E-state index contributed by atoms with van der Waals surface area (Å²) >= 11 is 6.02. The van der Waals surface area contributed by atoms with Gasteiger partial charge in [0.1, 0.15) is 18.1 Å². The van der Waals surface area contributed by atoms with E-state index < -0.39 is 7.12 Å². The molecule has 2 heterocycles. The average Bonchev–Trinajstić information content (AvgIpc) is 3.34. The number of carbonyl (C=O) groups is 2. The lowest BCUT2D eigenvalue weighted by atomic mass is 9.79. The maximum atomic E-state index is 12.2. The van der Waals surface area contributed by atoms with Crippen LogP contribution < -0.4 is 20.8 Å². The topological polar surface area (TPSA) is 151 Å². The number of hydrogen-bond acceptors (Lipinski definition) is 8. The third-order valence-electron chi connectivity index (χ3n) is 7.32. The number of fused-ring (bicyclic) bond motifs is 4. The Hall–Kier alpha value is -5.04. The molecule has 0 fully saturated rings. The predicted molar refractivity (Wildman–Crippen MR) is 178 cm³/mol. The Balaban J connectivity index is 0.000000182. The highest BCUT2D eigenvalue weighted by Crippen LogP contribution is 2.29. The van der Waals surface area contributed by atoms with Gasteiger partial charge in [0.25, 0.3) is 5.91 Å². The molecule has 4 aromatic carbocycles. The first-order chi connectivity index (χ1) is 22.2. The van der Waals surface area contributed by atoms with Crippen LogP contribution in [0.3, 0.4) is 0 Å². The van der Waals surface area contributed by atoms with Crippen LogP contribution in [0.4, 0.5) is 0 Å². The van der Waals surface area contributed by atoms with Gasteiger partial charge in [0.2, 0.25) is 5.91 Å². The Bertz CT molecular complexity index is 1930. The molecule has 234 valence electrons. The second-order valence-electron chi connectivity index (χ2n) is 10.5. The molecule has 0 spiro atoms. The molecule has 11 nitrogen and oxygen atoms in total. The van der Waals surface area contributed by atoms with Gasteiger partial charge in [-0.05, 0) is 59.6 Å². The highest BCUT2D eigenvalue weighted by Gasteiger charge is 2.22. The zero-order valence-corrected chi connectivity index (χ0v) is 26.2. The van der Waals surface area contributed by atoms with Crippen molar-refractivity contribution < 1.29 is 24.4 Å². The van der Waals surface area contributed by atoms with Crippen LogP contribution in [0.2, 0.25) is 5.02 Å². The summed E-state index contributed by atoms with van der Waals surface area (Å²) in [7, 11) is 0.118. The number of halogens is 1. The van der Waals surface area contributed by atoms with E-state index >= 15 is 0 Å². The monoisotopic (exact) mass is 638 g/mol. The minimum absolute atomic E-state index is 0.144. The first-order valence-electron chi connectivity index (χ1n) is 14.5. The fourth-order valence-corrected chi connectivity index (χ4v) is 5.23. The van der Waals surface area contributed by atoms with E-state index in [2.05, 4.69) is 20.8 Å². The van der Waals surface area contributed by atoms with Crippen LogP contribution in [0.15, 0.2) is 83.9 Å². The Labute approximate surface area is 271 Å². The maximum Gasteiger partial charge on any atom is 0.488 e. The molecule has 2 amide bonds. The largest absolute Gasteiger partial charge is 0.497 e. The van der Waals surface area contributed by atoms with Gasteiger partial charge in [-0.2, -0.15) is 0 Å². The second-order valence-corrected chi connectivity index (χ2v) is 10.9. The number of hydrogen-bond donors (Lipinski definition) is 4. The number of methoxy groups -OCH3 is 1. The quantitative estimate of drug-likeness (QED) is 0.158. The molecule has 5 aromatic rings. The molecule has 0 atom stereocenters. The Morgan fingerprint density at radius 2 is 1.74 bits per heavy atom. The van der Waals surface area contributed by atoms with Gasteiger partial charge in [-0.3, -0.25) is 19.1 Å². The van der Waals surface area contributed by atoms with Crippen LogP contribution in [0, 0.1) is 6.92 Å². The highest BCUT2D eigenvalue weighted by atomic mass is 35.5. The van der Waals surface area contributed by atoms with Crippen molar-refractivity contribution in [3.05, 3.63) is 112 Å². The van der Waals surface area contributed by atoms with E-state index in [4.69, 9.17) is 21.3 Å². The minimum atomic E-state index is -1.54. The number of aromatic nitrogens is 3. The summed E-state index contributed by atoms with van der Waals surface area (Å²) in [5.74, 6) is 2.05. The molecule has 13 heteroatoms. The smallest absolute Gasteiger partial charge is 0.488 e.